The quantitative estimate of drug-likeness (QED) is 0.587. The molecule has 0 saturated heterocycles. The van der Waals surface area contributed by atoms with Crippen molar-refractivity contribution in [2.75, 3.05) is 0 Å². The van der Waals surface area contributed by atoms with E-state index in [0.717, 1.165) is 17.3 Å². The standard InChI is InChI=1S/C6H6N4O/c1-10-6-4(2-7-8-6)5(3-11)9-10/h2-3H,1H3,(H,7,8). The van der Waals surface area contributed by atoms with Crippen LogP contribution in [0, 0.1) is 0 Å². The summed E-state index contributed by atoms with van der Waals surface area (Å²) in [4.78, 5) is 10.4. The Hall–Kier alpha value is -1.65. The van der Waals surface area contributed by atoms with Gasteiger partial charge in [0.2, 0.25) is 0 Å². The molecule has 0 aromatic carbocycles. The highest BCUT2D eigenvalue weighted by Crippen LogP contribution is 2.11. The molecule has 0 aliphatic carbocycles. The van der Waals surface area contributed by atoms with Gasteiger partial charge in [0.15, 0.2) is 11.9 Å². The number of aromatic amines is 1. The molecule has 0 fully saturated rings. The first-order valence-electron chi connectivity index (χ1n) is 3.14. The van der Waals surface area contributed by atoms with Crippen LogP contribution in [0.2, 0.25) is 0 Å². The van der Waals surface area contributed by atoms with Crippen molar-refractivity contribution in [3.63, 3.8) is 0 Å². The van der Waals surface area contributed by atoms with Gasteiger partial charge in [0, 0.05) is 7.05 Å². The van der Waals surface area contributed by atoms with E-state index in [2.05, 4.69) is 15.3 Å². The predicted octanol–water partition coefficient (Wildman–Crippen LogP) is 0.109. The van der Waals surface area contributed by atoms with Gasteiger partial charge in [-0.2, -0.15) is 10.2 Å². The number of hydrogen-bond acceptors (Lipinski definition) is 3. The molecule has 2 aromatic rings. The number of aromatic nitrogens is 4. The van der Waals surface area contributed by atoms with Gasteiger partial charge in [-0.3, -0.25) is 14.6 Å². The number of carbonyl (C=O) groups excluding carboxylic acids is 1. The largest absolute Gasteiger partial charge is 0.296 e. The maximum Gasteiger partial charge on any atom is 0.171 e. The molecule has 0 radical (unpaired) electrons. The number of carbonyl (C=O) groups is 1. The topological polar surface area (TPSA) is 63.6 Å². The molecule has 56 valence electrons. The van der Waals surface area contributed by atoms with Crippen molar-refractivity contribution in [3.8, 4) is 0 Å². The zero-order chi connectivity index (χ0) is 7.84. The monoisotopic (exact) mass is 150 g/mol. The second-order valence-corrected chi connectivity index (χ2v) is 2.26. The van der Waals surface area contributed by atoms with Gasteiger partial charge in [-0.1, -0.05) is 0 Å². The summed E-state index contributed by atoms with van der Waals surface area (Å²) in [5.74, 6) is 0. The number of hydrogen-bond donors (Lipinski definition) is 1. The van der Waals surface area contributed by atoms with E-state index in [9.17, 15) is 4.79 Å². The summed E-state index contributed by atoms with van der Waals surface area (Å²) in [6, 6.07) is 0. The Balaban J connectivity index is 2.90. The molecule has 0 unspecified atom stereocenters. The lowest BCUT2D eigenvalue weighted by atomic mass is 10.3. The van der Waals surface area contributed by atoms with Crippen molar-refractivity contribution in [2.24, 2.45) is 7.05 Å². The number of aryl methyl sites for hydroxylation is 1. The summed E-state index contributed by atoms with van der Waals surface area (Å²) in [6.45, 7) is 0. The Labute approximate surface area is 62.0 Å². The molecule has 11 heavy (non-hydrogen) atoms. The van der Waals surface area contributed by atoms with E-state index >= 15 is 0 Å². The zero-order valence-electron chi connectivity index (χ0n) is 5.90. The van der Waals surface area contributed by atoms with Gasteiger partial charge in [-0.25, -0.2) is 0 Å². The first-order chi connectivity index (χ1) is 5.33. The van der Waals surface area contributed by atoms with Crippen LogP contribution in [-0.4, -0.2) is 26.3 Å². The normalized spacial score (nSPS) is 10.6. The Morgan fingerprint density at radius 1 is 1.73 bits per heavy atom. The third-order valence-electron chi connectivity index (χ3n) is 1.59. The zero-order valence-corrected chi connectivity index (χ0v) is 5.90. The van der Waals surface area contributed by atoms with Crippen LogP contribution in [0.3, 0.4) is 0 Å². The van der Waals surface area contributed by atoms with Gasteiger partial charge >= 0.3 is 0 Å². The van der Waals surface area contributed by atoms with Crippen molar-refractivity contribution in [1.82, 2.24) is 20.0 Å². The van der Waals surface area contributed by atoms with E-state index < -0.39 is 0 Å². The molecule has 0 amide bonds. The highest BCUT2D eigenvalue weighted by atomic mass is 16.1. The molecule has 5 heteroatoms. The molecule has 0 atom stereocenters. The van der Waals surface area contributed by atoms with Gasteiger partial charge in [0.25, 0.3) is 0 Å². The summed E-state index contributed by atoms with van der Waals surface area (Å²) in [7, 11) is 1.76. The van der Waals surface area contributed by atoms with E-state index in [1.165, 1.54) is 0 Å². The molecule has 0 aliphatic rings. The highest BCUT2D eigenvalue weighted by Gasteiger charge is 2.07. The fourth-order valence-electron chi connectivity index (χ4n) is 1.07. The van der Waals surface area contributed by atoms with Crippen molar-refractivity contribution < 1.29 is 4.79 Å². The van der Waals surface area contributed by atoms with Crippen LogP contribution in [0.25, 0.3) is 11.0 Å². The van der Waals surface area contributed by atoms with E-state index in [-0.39, 0.29) is 0 Å². The lowest BCUT2D eigenvalue weighted by Crippen LogP contribution is -1.92. The van der Waals surface area contributed by atoms with Crippen molar-refractivity contribution in [2.45, 2.75) is 0 Å². The molecule has 2 heterocycles. The molecular weight excluding hydrogens is 144 g/mol. The minimum atomic E-state index is 0.427. The molecule has 0 bridgehead atoms. The summed E-state index contributed by atoms with van der Waals surface area (Å²) in [6.07, 6.45) is 2.31. The molecule has 1 N–H and O–H groups in total. The van der Waals surface area contributed by atoms with Gasteiger partial charge in [0.05, 0.1) is 11.6 Å². The lowest BCUT2D eigenvalue weighted by molar-refractivity contribution is 0.111. The minimum Gasteiger partial charge on any atom is -0.296 e. The SMILES string of the molecule is Cn1nc(C=O)c2cn[nH]c21. The second-order valence-electron chi connectivity index (χ2n) is 2.26. The van der Waals surface area contributed by atoms with Crippen LogP contribution in [0.15, 0.2) is 6.20 Å². The average molecular weight is 150 g/mol. The Morgan fingerprint density at radius 3 is 3.27 bits per heavy atom. The number of rotatable bonds is 1. The number of nitrogens with zero attached hydrogens (tertiary/aromatic N) is 3. The third kappa shape index (κ3) is 0.674. The summed E-state index contributed by atoms with van der Waals surface area (Å²) in [5, 5.41) is 11.2. The first-order valence-corrected chi connectivity index (χ1v) is 3.14. The maximum atomic E-state index is 10.4. The highest BCUT2D eigenvalue weighted by molar-refractivity contribution is 5.92. The minimum absolute atomic E-state index is 0.427. The van der Waals surface area contributed by atoms with Crippen LogP contribution < -0.4 is 0 Å². The van der Waals surface area contributed by atoms with Crippen molar-refractivity contribution in [1.29, 1.82) is 0 Å². The third-order valence-corrected chi connectivity index (χ3v) is 1.59. The van der Waals surface area contributed by atoms with Crippen LogP contribution in [0.1, 0.15) is 10.5 Å². The second kappa shape index (κ2) is 1.91. The Morgan fingerprint density at radius 2 is 2.55 bits per heavy atom. The van der Waals surface area contributed by atoms with Crippen LogP contribution in [0.5, 0.6) is 0 Å². The lowest BCUT2D eigenvalue weighted by Gasteiger charge is -1.84. The van der Waals surface area contributed by atoms with E-state index in [0.29, 0.717) is 5.69 Å². The molecular formula is C6H6N4O. The smallest absolute Gasteiger partial charge is 0.171 e. The number of H-pyrrole nitrogens is 1. The van der Waals surface area contributed by atoms with E-state index in [4.69, 9.17) is 0 Å². The number of aldehydes is 1. The fourth-order valence-corrected chi connectivity index (χ4v) is 1.07. The number of fused-ring (bicyclic) bond motifs is 1. The molecule has 0 spiro atoms. The van der Waals surface area contributed by atoms with Gasteiger partial charge < -0.3 is 0 Å². The van der Waals surface area contributed by atoms with Crippen LogP contribution >= 0.6 is 0 Å². The van der Waals surface area contributed by atoms with Gasteiger partial charge in [0.1, 0.15) is 5.69 Å². The van der Waals surface area contributed by atoms with Gasteiger partial charge in [-0.15, -0.1) is 0 Å². The van der Waals surface area contributed by atoms with E-state index in [1.54, 1.807) is 17.9 Å². The predicted molar refractivity (Wildman–Crippen MR) is 38.2 cm³/mol. The van der Waals surface area contributed by atoms with E-state index in [1.807, 2.05) is 0 Å². The Bertz CT molecular complexity index is 400. The molecule has 0 saturated carbocycles. The summed E-state index contributed by atoms with van der Waals surface area (Å²) in [5.41, 5.74) is 1.20. The molecule has 2 aromatic heterocycles. The van der Waals surface area contributed by atoms with Crippen molar-refractivity contribution in [3.05, 3.63) is 11.9 Å². The summed E-state index contributed by atoms with van der Waals surface area (Å²) >= 11 is 0. The molecule has 5 nitrogen and oxygen atoms in total. The molecule has 2 rings (SSSR count). The van der Waals surface area contributed by atoms with Crippen LogP contribution in [0.4, 0.5) is 0 Å². The van der Waals surface area contributed by atoms with Gasteiger partial charge in [-0.05, 0) is 0 Å². The number of nitrogens with one attached hydrogen (secondary N) is 1. The maximum absolute atomic E-state index is 10.4. The van der Waals surface area contributed by atoms with Crippen LogP contribution in [-0.2, 0) is 7.05 Å². The first kappa shape index (κ1) is 6.09. The van der Waals surface area contributed by atoms with Crippen molar-refractivity contribution >= 4 is 17.3 Å². The summed E-state index contributed by atoms with van der Waals surface area (Å²) < 4.78 is 1.59. The fraction of sp³-hybridized carbons (Fsp3) is 0.167. The Kier molecular flexibility index (Phi) is 1.06. The molecule has 0 aliphatic heterocycles. The average Bonchev–Trinajstić information content (AvgIpc) is 2.54.